The monoisotopic (exact) mass is 597 g/mol. The van der Waals surface area contributed by atoms with Gasteiger partial charge in [-0.05, 0) is 36.8 Å². The third-order valence-electron chi connectivity index (χ3n) is 7.52. The molecule has 5 heterocycles. The first-order valence-corrected chi connectivity index (χ1v) is 14.1. The van der Waals surface area contributed by atoms with Gasteiger partial charge in [0.1, 0.15) is 21.9 Å². The second kappa shape index (κ2) is 11.3. The number of alkyl halides is 2. The molecule has 0 unspecified atom stereocenters. The average molecular weight is 598 g/mol. The fourth-order valence-corrected chi connectivity index (χ4v) is 5.45. The van der Waals surface area contributed by atoms with E-state index in [1.165, 1.54) is 31.0 Å². The van der Waals surface area contributed by atoms with Gasteiger partial charge in [0.25, 0.3) is 11.5 Å². The Morgan fingerprint density at radius 3 is 2.79 bits per heavy atom. The smallest absolute Gasteiger partial charge is 0.274 e. The lowest BCUT2D eigenvalue weighted by Gasteiger charge is -2.17. The SMILES string of the molecule is Cn1c(Nc2cc(C3CC3)cn(CCCN3CCC(F)(F)C3)c2=O)nc2ncc(OC(=CN)c3cnccn3)c(Cl)c21. The van der Waals surface area contributed by atoms with E-state index in [2.05, 4.69) is 25.3 Å². The molecule has 0 amide bonds. The van der Waals surface area contributed by atoms with Gasteiger partial charge in [0, 0.05) is 57.9 Å². The third-order valence-corrected chi connectivity index (χ3v) is 7.88. The Morgan fingerprint density at radius 2 is 2.10 bits per heavy atom. The molecule has 3 N–H and O–H groups in total. The van der Waals surface area contributed by atoms with Crippen molar-refractivity contribution in [1.82, 2.24) is 34.0 Å². The van der Waals surface area contributed by atoms with Crippen molar-refractivity contribution in [3.8, 4) is 5.75 Å². The molecule has 1 aliphatic carbocycles. The zero-order valence-electron chi connectivity index (χ0n) is 22.9. The van der Waals surface area contributed by atoms with E-state index in [1.807, 2.05) is 12.3 Å². The third kappa shape index (κ3) is 5.79. The standard InChI is InChI=1S/C28H30ClF2N9O2/c1-38-24-23(29)22(42-21(12-32)20-13-33-6-7-34-20)14-35-25(24)37-27(38)36-19-11-18(17-3-4-17)15-40(26(19)41)9-2-8-39-10-5-28(30,31)16-39/h6-7,11-15,17H,2-5,8-10,16,32H2,1H3,(H,35,36,37). The zero-order chi connectivity index (χ0) is 29.4. The quantitative estimate of drug-likeness (QED) is 0.258. The maximum atomic E-state index is 13.6. The van der Waals surface area contributed by atoms with Crippen LogP contribution >= 0.6 is 11.6 Å². The van der Waals surface area contributed by atoms with E-state index in [1.54, 1.807) is 21.1 Å². The van der Waals surface area contributed by atoms with Gasteiger partial charge in [-0.3, -0.25) is 14.7 Å². The molecule has 0 radical (unpaired) electrons. The maximum absolute atomic E-state index is 13.6. The van der Waals surface area contributed by atoms with Crippen molar-refractivity contribution in [3.05, 3.63) is 69.9 Å². The van der Waals surface area contributed by atoms with Crippen LogP contribution in [0.5, 0.6) is 5.75 Å². The summed E-state index contributed by atoms with van der Waals surface area (Å²) in [6.45, 7) is 1.08. The molecule has 6 rings (SSSR count). The molecule has 0 atom stereocenters. The molecule has 14 heteroatoms. The van der Waals surface area contributed by atoms with Gasteiger partial charge in [0.05, 0.1) is 18.9 Å². The molecule has 2 aliphatic rings. The average Bonchev–Trinajstić information content (AvgIpc) is 3.70. The number of imidazole rings is 1. The number of aryl methyl sites for hydroxylation is 2. The van der Waals surface area contributed by atoms with Gasteiger partial charge in [-0.2, -0.15) is 4.98 Å². The molecule has 2 fully saturated rings. The topological polar surface area (TPSA) is 129 Å². The fraction of sp³-hybridized carbons (Fsp3) is 0.393. The van der Waals surface area contributed by atoms with E-state index < -0.39 is 5.92 Å². The van der Waals surface area contributed by atoms with Gasteiger partial charge in [-0.25, -0.2) is 18.7 Å². The number of nitrogens with two attached hydrogens (primary N) is 1. The Morgan fingerprint density at radius 1 is 1.26 bits per heavy atom. The van der Waals surface area contributed by atoms with Crippen molar-refractivity contribution in [2.75, 3.05) is 25.0 Å². The van der Waals surface area contributed by atoms with E-state index in [9.17, 15) is 13.6 Å². The van der Waals surface area contributed by atoms with E-state index in [0.29, 0.717) is 60.5 Å². The zero-order valence-corrected chi connectivity index (χ0v) is 23.7. The number of ether oxygens (including phenoxy) is 1. The number of pyridine rings is 2. The minimum Gasteiger partial charge on any atom is -0.450 e. The fourth-order valence-electron chi connectivity index (χ4n) is 5.15. The number of nitrogens with one attached hydrogen (secondary N) is 1. The summed E-state index contributed by atoms with van der Waals surface area (Å²) in [5.41, 5.74) is 8.24. The molecular weight excluding hydrogens is 568 g/mol. The van der Waals surface area contributed by atoms with Crippen LogP contribution in [-0.4, -0.2) is 59.5 Å². The molecule has 4 aromatic heterocycles. The van der Waals surface area contributed by atoms with Crippen LogP contribution in [0.4, 0.5) is 20.4 Å². The minimum atomic E-state index is -2.63. The van der Waals surface area contributed by atoms with Crippen LogP contribution in [0.2, 0.25) is 5.02 Å². The number of hydrogen-bond donors (Lipinski definition) is 2. The molecule has 11 nitrogen and oxygen atoms in total. The van der Waals surface area contributed by atoms with Crippen LogP contribution in [-0.2, 0) is 13.6 Å². The number of likely N-dealkylation sites (tertiary alicyclic amines) is 1. The molecular formula is C28H30ClF2N9O2. The summed E-state index contributed by atoms with van der Waals surface area (Å²) in [5, 5.41) is 3.43. The number of hydrogen-bond acceptors (Lipinski definition) is 9. The van der Waals surface area contributed by atoms with Crippen LogP contribution in [0.15, 0.2) is 48.0 Å². The van der Waals surface area contributed by atoms with Gasteiger partial charge >= 0.3 is 0 Å². The van der Waals surface area contributed by atoms with Gasteiger partial charge in [-0.1, -0.05) is 11.6 Å². The van der Waals surface area contributed by atoms with Crippen LogP contribution in [0, 0.1) is 0 Å². The Labute approximate surface area is 245 Å². The van der Waals surface area contributed by atoms with Gasteiger partial charge < -0.3 is 24.9 Å². The summed E-state index contributed by atoms with van der Waals surface area (Å²) in [7, 11) is 1.76. The largest absolute Gasteiger partial charge is 0.450 e. The van der Waals surface area contributed by atoms with Crippen molar-refractivity contribution in [3.63, 3.8) is 0 Å². The number of nitrogens with zero attached hydrogens (tertiary/aromatic N) is 7. The lowest BCUT2D eigenvalue weighted by atomic mass is 10.1. The summed E-state index contributed by atoms with van der Waals surface area (Å²) < 4.78 is 36.4. The number of halogens is 3. The van der Waals surface area contributed by atoms with Crippen LogP contribution in [0.3, 0.4) is 0 Å². The van der Waals surface area contributed by atoms with Crippen molar-refractivity contribution < 1.29 is 13.5 Å². The molecule has 42 heavy (non-hydrogen) atoms. The number of anilines is 2. The Kier molecular flexibility index (Phi) is 7.54. The normalized spacial score (nSPS) is 17.2. The lowest BCUT2D eigenvalue weighted by molar-refractivity contribution is 0.0121. The summed E-state index contributed by atoms with van der Waals surface area (Å²) in [6, 6.07) is 1.86. The Hall–Kier alpha value is -4.10. The van der Waals surface area contributed by atoms with Crippen LogP contribution in [0.25, 0.3) is 16.9 Å². The Balaban J connectivity index is 1.24. The number of aromatic nitrogens is 6. The predicted molar refractivity (Wildman–Crippen MR) is 155 cm³/mol. The molecule has 1 saturated carbocycles. The Bertz CT molecular complexity index is 1700. The van der Waals surface area contributed by atoms with Crippen molar-refractivity contribution in [2.45, 2.75) is 44.1 Å². The molecule has 0 spiro atoms. The van der Waals surface area contributed by atoms with Crippen LogP contribution in [0.1, 0.15) is 42.9 Å². The summed E-state index contributed by atoms with van der Waals surface area (Å²) >= 11 is 6.74. The van der Waals surface area contributed by atoms with Crippen molar-refractivity contribution >= 4 is 40.2 Å². The highest BCUT2D eigenvalue weighted by Gasteiger charge is 2.37. The first-order valence-electron chi connectivity index (χ1n) is 13.7. The van der Waals surface area contributed by atoms with E-state index in [0.717, 1.165) is 18.4 Å². The van der Waals surface area contributed by atoms with Crippen molar-refractivity contribution in [2.24, 2.45) is 12.8 Å². The van der Waals surface area contributed by atoms with Crippen molar-refractivity contribution in [1.29, 1.82) is 0 Å². The summed E-state index contributed by atoms with van der Waals surface area (Å²) in [4.78, 5) is 32.4. The first-order chi connectivity index (χ1) is 20.2. The van der Waals surface area contributed by atoms with Crippen LogP contribution < -0.4 is 21.3 Å². The second-order valence-electron chi connectivity index (χ2n) is 10.6. The number of fused-ring (bicyclic) bond motifs is 1. The molecule has 0 aromatic carbocycles. The van der Waals surface area contributed by atoms with E-state index >= 15 is 0 Å². The van der Waals surface area contributed by atoms with E-state index in [4.69, 9.17) is 22.1 Å². The van der Waals surface area contributed by atoms with Gasteiger partial charge in [-0.15, -0.1) is 0 Å². The number of rotatable bonds is 10. The predicted octanol–water partition coefficient (Wildman–Crippen LogP) is 4.26. The molecule has 1 saturated heterocycles. The maximum Gasteiger partial charge on any atom is 0.274 e. The lowest BCUT2D eigenvalue weighted by Crippen LogP contribution is -2.28. The van der Waals surface area contributed by atoms with Gasteiger partial charge in [0.15, 0.2) is 17.2 Å². The first kappa shape index (κ1) is 28.0. The summed E-state index contributed by atoms with van der Waals surface area (Å²) in [5.74, 6) is -1.37. The highest BCUT2D eigenvalue weighted by atomic mass is 35.5. The summed E-state index contributed by atoms with van der Waals surface area (Å²) in [6.07, 6.45) is 11.8. The highest BCUT2D eigenvalue weighted by Crippen LogP contribution is 2.41. The molecule has 220 valence electrons. The van der Waals surface area contributed by atoms with Gasteiger partial charge in [0.2, 0.25) is 5.95 Å². The second-order valence-corrected chi connectivity index (χ2v) is 11.0. The minimum absolute atomic E-state index is 0.116. The highest BCUT2D eigenvalue weighted by molar-refractivity contribution is 6.36. The molecule has 0 bridgehead atoms. The van der Waals surface area contributed by atoms with E-state index in [-0.39, 0.29) is 35.1 Å². The molecule has 1 aliphatic heterocycles. The molecule has 4 aromatic rings.